The number of rotatable bonds is 6. The zero-order chi connectivity index (χ0) is 11.0. The van der Waals surface area contributed by atoms with Gasteiger partial charge in [0.05, 0.1) is 6.54 Å². The highest BCUT2D eigenvalue weighted by molar-refractivity contribution is 5.80. The number of hydrogen-bond acceptors (Lipinski definition) is 3. The number of carbonyl (C=O) groups is 2. The fourth-order valence-electron chi connectivity index (χ4n) is 0.877. The van der Waals surface area contributed by atoms with Gasteiger partial charge in [0.1, 0.15) is 0 Å². The van der Waals surface area contributed by atoms with Crippen LogP contribution in [-0.2, 0) is 9.59 Å². The van der Waals surface area contributed by atoms with Crippen molar-refractivity contribution in [3.05, 3.63) is 12.3 Å². The maximum absolute atomic E-state index is 11.1. The van der Waals surface area contributed by atoms with Crippen LogP contribution in [0.5, 0.6) is 0 Å². The van der Waals surface area contributed by atoms with Gasteiger partial charge in [0.25, 0.3) is 0 Å². The van der Waals surface area contributed by atoms with Crippen molar-refractivity contribution in [1.82, 2.24) is 10.2 Å². The summed E-state index contributed by atoms with van der Waals surface area (Å²) in [4.78, 5) is 23.0. The van der Waals surface area contributed by atoms with Crippen LogP contribution >= 0.6 is 0 Å². The summed E-state index contributed by atoms with van der Waals surface area (Å²) in [6, 6.07) is 0. The zero-order valence-electron chi connectivity index (χ0n) is 8.49. The largest absolute Gasteiger partial charge is 0.478 e. The van der Waals surface area contributed by atoms with E-state index in [1.807, 2.05) is 13.8 Å². The Hall–Kier alpha value is -1.52. The molecule has 14 heavy (non-hydrogen) atoms. The number of amides is 1. The molecule has 0 unspecified atom stereocenters. The molecule has 0 spiro atoms. The van der Waals surface area contributed by atoms with Crippen molar-refractivity contribution in [2.45, 2.75) is 13.8 Å². The molecule has 5 nitrogen and oxygen atoms in total. The van der Waals surface area contributed by atoms with Crippen LogP contribution in [0.25, 0.3) is 0 Å². The summed E-state index contributed by atoms with van der Waals surface area (Å²) in [6.07, 6.45) is 2.42. The highest BCUT2D eigenvalue weighted by Gasteiger charge is 2.03. The van der Waals surface area contributed by atoms with Crippen LogP contribution < -0.4 is 5.32 Å². The summed E-state index contributed by atoms with van der Waals surface area (Å²) in [6.45, 7) is 5.06. The van der Waals surface area contributed by atoms with E-state index in [9.17, 15) is 9.59 Å². The van der Waals surface area contributed by atoms with Crippen LogP contribution in [0.15, 0.2) is 12.3 Å². The lowest BCUT2D eigenvalue weighted by atomic mass is 10.4. The van der Waals surface area contributed by atoms with Gasteiger partial charge in [-0.1, -0.05) is 0 Å². The Bertz CT molecular complexity index is 226. The number of carbonyl (C=O) groups excluding carboxylic acids is 1. The van der Waals surface area contributed by atoms with Gasteiger partial charge in [-0.2, -0.15) is 0 Å². The predicted molar refractivity (Wildman–Crippen MR) is 52.7 cm³/mol. The van der Waals surface area contributed by atoms with Gasteiger partial charge in [-0.3, -0.25) is 4.79 Å². The van der Waals surface area contributed by atoms with Crippen molar-refractivity contribution in [2.75, 3.05) is 19.6 Å². The Morgan fingerprint density at radius 1 is 1.43 bits per heavy atom. The first-order valence-electron chi connectivity index (χ1n) is 4.52. The highest BCUT2D eigenvalue weighted by atomic mass is 16.4. The summed E-state index contributed by atoms with van der Waals surface area (Å²) >= 11 is 0. The van der Waals surface area contributed by atoms with E-state index < -0.39 is 5.97 Å². The quantitative estimate of drug-likeness (QED) is 0.594. The Labute approximate surface area is 83.4 Å². The molecule has 1 amide bonds. The van der Waals surface area contributed by atoms with Crippen molar-refractivity contribution >= 4 is 11.9 Å². The molecule has 0 aliphatic carbocycles. The van der Waals surface area contributed by atoms with Gasteiger partial charge in [0, 0.05) is 25.4 Å². The number of hydrogen-bond donors (Lipinski definition) is 2. The Morgan fingerprint density at radius 2 is 2.07 bits per heavy atom. The van der Waals surface area contributed by atoms with Gasteiger partial charge >= 0.3 is 5.97 Å². The normalized spacial score (nSPS) is 10.1. The van der Waals surface area contributed by atoms with E-state index in [-0.39, 0.29) is 12.5 Å². The lowest BCUT2D eigenvalue weighted by molar-refractivity contribution is -0.131. The van der Waals surface area contributed by atoms with Crippen molar-refractivity contribution in [3.8, 4) is 0 Å². The van der Waals surface area contributed by atoms with E-state index in [2.05, 4.69) is 5.32 Å². The molecule has 0 aromatic rings. The summed E-state index contributed by atoms with van der Waals surface area (Å²) in [5, 5.41) is 11.0. The van der Waals surface area contributed by atoms with Gasteiger partial charge in [0.2, 0.25) is 5.91 Å². The van der Waals surface area contributed by atoms with Crippen molar-refractivity contribution in [3.63, 3.8) is 0 Å². The molecule has 0 saturated carbocycles. The maximum Gasteiger partial charge on any atom is 0.329 e. The second kappa shape index (κ2) is 6.94. The molecule has 0 atom stereocenters. The first-order valence-corrected chi connectivity index (χ1v) is 4.52. The predicted octanol–water partition coefficient (Wildman–Crippen LogP) is 0.0427. The molecule has 0 rings (SSSR count). The summed E-state index contributed by atoms with van der Waals surface area (Å²) in [5.41, 5.74) is 0. The second-order valence-electron chi connectivity index (χ2n) is 2.67. The maximum atomic E-state index is 11.1. The van der Waals surface area contributed by atoms with Gasteiger partial charge in [-0.25, -0.2) is 4.79 Å². The molecule has 0 bridgehead atoms. The number of likely N-dealkylation sites (N-methyl/N-ethyl adjacent to an activating group) is 2. The average molecular weight is 200 g/mol. The molecular weight excluding hydrogens is 184 g/mol. The van der Waals surface area contributed by atoms with E-state index in [0.29, 0.717) is 13.1 Å². The Morgan fingerprint density at radius 3 is 2.50 bits per heavy atom. The molecule has 0 radical (unpaired) electrons. The van der Waals surface area contributed by atoms with E-state index in [0.717, 1.165) is 6.08 Å². The summed E-state index contributed by atoms with van der Waals surface area (Å²) in [7, 11) is 0. The molecule has 0 heterocycles. The standard InChI is InChI=1S/C9H16N2O3/c1-3-10-8(12)7-11(4-2)6-5-9(13)14/h5-6H,3-4,7H2,1-2H3,(H,10,12)(H,13,14). The van der Waals surface area contributed by atoms with Crippen molar-refractivity contribution < 1.29 is 14.7 Å². The third-order valence-corrected chi connectivity index (χ3v) is 1.55. The van der Waals surface area contributed by atoms with Crippen molar-refractivity contribution in [2.24, 2.45) is 0 Å². The Kier molecular flexibility index (Phi) is 6.19. The minimum Gasteiger partial charge on any atom is -0.478 e. The van der Waals surface area contributed by atoms with E-state index in [4.69, 9.17) is 5.11 Å². The van der Waals surface area contributed by atoms with Crippen molar-refractivity contribution in [1.29, 1.82) is 0 Å². The molecule has 0 aromatic heterocycles. The lowest BCUT2D eigenvalue weighted by Gasteiger charge is -2.16. The third kappa shape index (κ3) is 6.05. The van der Waals surface area contributed by atoms with Crippen LogP contribution in [-0.4, -0.2) is 41.5 Å². The average Bonchev–Trinajstić information content (AvgIpc) is 2.12. The monoisotopic (exact) mass is 200 g/mol. The minimum atomic E-state index is -1.01. The van der Waals surface area contributed by atoms with Crippen LogP contribution in [0.1, 0.15) is 13.8 Å². The van der Waals surface area contributed by atoms with Gasteiger partial charge < -0.3 is 15.3 Å². The SMILES string of the molecule is CCNC(=O)CN(C=CC(=O)O)CC. The molecule has 0 saturated heterocycles. The second-order valence-corrected chi connectivity index (χ2v) is 2.67. The molecular formula is C9H16N2O3. The fourth-order valence-corrected chi connectivity index (χ4v) is 0.877. The molecule has 0 aliphatic rings. The number of aliphatic carboxylic acids is 1. The summed E-state index contributed by atoms with van der Waals surface area (Å²) < 4.78 is 0. The molecule has 5 heteroatoms. The van der Waals surface area contributed by atoms with Crippen LogP contribution in [0.2, 0.25) is 0 Å². The van der Waals surface area contributed by atoms with E-state index in [1.54, 1.807) is 4.90 Å². The molecule has 0 aromatic carbocycles. The molecule has 0 fully saturated rings. The van der Waals surface area contributed by atoms with E-state index >= 15 is 0 Å². The lowest BCUT2D eigenvalue weighted by Crippen LogP contribution is -2.34. The first-order chi connectivity index (χ1) is 6.60. The minimum absolute atomic E-state index is 0.107. The van der Waals surface area contributed by atoms with E-state index in [1.165, 1.54) is 6.20 Å². The zero-order valence-corrected chi connectivity index (χ0v) is 8.49. The topological polar surface area (TPSA) is 69.6 Å². The van der Waals surface area contributed by atoms with Gasteiger partial charge in [0.15, 0.2) is 0 Å². The van der Waals surface area contributed by atoms with Crippen LogP contribution in [0, 0.1) is 0 Å². The molecule has 80 valence electrons. The molecule has 0 aliphatic heterocycles. The van der Waals surface area contributed by atoms with Gasteiger partial charge in [-0.15, -0.1) is 0 Å². The van der Waals surface area contributed by atoms with Crippen LogP contribution in [0.4, 0.5) is 0 Å². The third-order valence-electron chi connectivity index (χ3n) is 1.55. The number of carboxylic acid groups (broad SMARTS) is 1. The fraction of sp³-hybridized carbons (Fsp3) is 0.556. The number of nitrogens with one attached hydrogen (secondary N) is 1. The Balaban J connectivity index is 4.02. The molecule has 2 N–H and O–H groups in total. The smallest absolute Gasteiger partial charge is 0.329 e. The number of carboxylic acids is 1. The summed E-state index contributed by atoms with van der Waals surface area (Å²) in [5.74, 6) is -1.12. The van der Waals surface area contributed by atoms with Crippen LogP contribution in [0.3, 0.4) is 0 Å². The van der Waals surface area contributed by atoms with Gasteiger partial charge in [-0.05, 0) is 13.8 Å². The number of nitrogens with zero attached hydrogens (tertiary/aromatic N) is 1. The highest BCUT2D eigenvalue weighted by Crippen LogP contribution is 1.89. The first kappa shape index (κ1) is 12.5.